The van der Waals surface area contributed by atoms with Crippen molar-refractivity contribution in [3.63, 3.8) is 0 Å². The predicted octanol–water partition coefficient (Wildman–Crippen LogP) is 6.78. The van der Waals surface area contributed by atoms with Crippen LogP contribution in [0.5, 0.6) is 0 Å². The second-order valence-corrected chi connectivity index (χ2v) is 12.7. The van der Waals surface area contributed by atoms with Crippen molar-refractivity contribution in [1.29, 1.82) is 0 Å². The summed E-state index contributed by atoms with van der Waals surface area (Å²) in [6.45, 7) is 19.4. The van der Waals surface area contributed by atoms with Crippen LogP contribution in [0, 0.1) is 5.92 Å². The van der Waals surface area contributed by atoms with Crippen LogP contribution in [0.25, 0.3) is 0 Å². The molecule has 1 aliphatic carbocycles. The molecule has 0 bridgehead atoms. The molecule has 0 heterocycles. The molecule has 0 radical (unpaired) electrons. The van der Waals surface area contributed by atoms with Gasteiger partial charge in [-0.15, -0.1) is 0 Å². The van der Waals surface area contributed by atoms with Crippen LogP contribution in [0.4, 0.5) is 0 Å². The van der Waals surface area contributed by atoms with Gasteiger partial charge in [-0.25, -0.2) is 0 Å². The van der Waals surface area contributed by atoms with E-state index in [9.17, 15) is 0 Å². The van der Waals surface area contributed by atoms with Crippen molar-refractivity contribution in [2.24, 2.45) is 5.92 Å². The highest BCUT2D eigenvalue weighted by Crippen LogP contribution is 2.50. The highest BCUT2D eigenvalue weighted by Gasteiger charge is 2.50. The summed E-state index contributed by atoms with van der Waals surface area (Å²) >= 11 is 0. The van der Waals surface area contributed by atoms with Crippen LogP contribution in [0.15, 0.2) is 52.2 Å². The van der Waals surface area contributed by atoms with Gasteiger partial charge in [0.1, 0.15) is 8.07 Å². The molecule has 24 heavy (non-hydrogen) atoms. The van der Waals surface area contributed by atoms with Gasteiger partial charge in [-0.05, 0) is 43.3 Å². The van der Waals surface area contributed by atoms with Crippen molar-refractivity contribution in [1.82, 2.24) is 0 Å². The minimum Gasteiger partial charge on any atom is -0.0654 e. The Balaban J connectivity index is 2.82. The van der Waals surface area contributed by atoms with E-state index < -0.39 is 8.07 Å². The van der Waals surface area contributed by atoms with Crippen LogP contribution in [0.2, 0.25) is 11.1 Å². The largest absolute Gasteiger partial charge is 0.120 e. The average molecular weight is 341 g/mol. The molecule has 1 aromatic carbocycles. The number of benzene rings is 1. The summed E-state index contributed by atoms with van der Waals surface area (Å²) in [7, 11) is -1.82. The Labute approximate surface area is 151 Å². The first kappa shape index (κ1) is 19.2. The van der Waals surface area contributed by atoms with Gasteiger partial charge in [0.25, 0.3) is 0 Å². The third kappa shape index (κ3) is 2.75. The van der Waals surface area contributed by atoms with Gasteiger partial charge in [0.2, 0.25) is 0 Å². The SMILES string of the molecule is CCC(C)[Si](C1=C(C)C(C)=C(C)C1C)(c1ccccc1)C(C)CC. The smallest absolute Gasteiger partial charge is 0.0654 e. The Bertz CT molecular complexity index is 625. The molecule has 0 aliphatic heterocycles. The molecule has 2 rings (SSSR count). The molecule has 132 valence electrons. The second kappa shape index (κ2) is 7.43. The Morgan fingerprint density at radius 1 is 0.875 bits per heavy atom. The summed E-state index contributed by atoms with van der Waals surface area (Å²) < 4.78 is 0. The lowest BCUT2D eigenvalue weighted by Crippen LogP contribution is -2.57. The Morgan fingerprint density at radius 3 is 1.75 bits per heavy atom. The summed E-state index contributed by atoms with van der Waals surface area (Å²) in [4.78, 5) is 0. The molecule has 1 aromatic rings. The van der Waals surface area contributed by atoms with Crippen molar-refractivity contribution < 1.29 is 0 Å². The van der Waals surface area contributed by atoms with Crippen LogP contribution in [0.1, 0.15) is 68.2 Å². The van der Waals surface area contributed by atoms with E-state index in [4.69, 9.17) is 0 Å². The van der Waals surface area contributed by atoms with Gasteiger partial charge in [-0.3, -0.25) is 0 Å². The van der Waals surface area contributed by atoms with Crippen LogP contribution >= 0.6 is 0 Å². The first-order valence-corrected chi connectivity index (χ1v) is 11.9. The van der Waals surface area contributed by atoms with E-state index in [-0.39, 0.29) is 0 Å². The van der Waals surface area contributed by atoms with Crippen LogP contribution in [-0.2, 0) is 0 Å². The molecule has 0 nitrogen and oxygen atoms in total. The lowest BCUT2D eigenvalue weighted by atomic mass is 10.1. The Kier molecular flexibility index (Phi) is 5.96. The molecule has 0 saturated heterocycles. The van der Waals surface area contributed by atoms with E-state index in [1.165, 1.54) is 12.8 Å². The highest BCUT2D eigenvalue weighted by molar-refractivity contribution is 7.00. The van der Waals surface area contributed by atoms with Gasteiger partial charge in [0, 0.05) is 0 Å². The Morgan fingerprint density at radius 2 is 1.38 bits per heavy atom. The monoisotopic (exact) mass is 340 g/mol. The number of rotatable bonds is 6. The topological polar surface area (TPSA) is 0 Å². The summed E-state index contributed by atoms with van der Waals surface area (Å²) in [6, 6.07) is 11.5. The molecule has 0 aromatic heterocycles. The maximum atomic E-state index is 2.53. The summed E-state index contributed by atoms with van der Waals surface area (Å²) in [5.41, 5.74) is 6.29. The molecule has 0 spiro atoms. The summed E-state index contributed by atoms with van der Waals surface area (Å²) in [5, 5.41) is 3.48. The fourth-order valence-corrected chi connectivity index (χ4v) is 12.4. The number of hydrogen-bond acceptors (Lipinski definition) is 0. The van der Waals surface area contributed by atoms with Crippen LogP contribution in [0.3, 0.4) is 0 Å². The van der Waals surface area contributed by atoms with Gasteiger partial charge in [-0.1, -0.05) is 99.3 Å². The zero-order valence-electron chi connectivity index (χ0n) is 17.0. The number of hydrogen-bond donors (Lipinski definition) is 0. The molecule has 0 amide bonds. The van der Waals surface area contributed by atoms with E-state index in [1.807, 2.05) is 5.20 Å². The summed E-state index contributed by atoms with van der Waals surface area (Å²) in [6.07, 6.45) is 2.54. The van der Waals surface area contributed by atoms with E-state index in [2.05, 4.69) is 85.7 Å². The molecule has 0 N–H and O–H groups in total. The minimum absolute atomic E-state index is 0.611. The zero-order valence-corrected chi connectivity index (χ0v) is 18.0. The fourth-order valence-electron chi connectivity index (χ4n) is 5.13. The van der Waals surface area contributed by atoms with Gasteiger partial charge in [-0.2, -0.15) is 0 Å². The maximum Gasteiger partial charge on any atom is 0.120 e. The molecule has 1 aliphatic rings. The molecule has 0 fully saturated rings. The third-order valence-corrected chi connectivity index (χ3v) is 14.0. The van der Waals surface area contributed by atoms with E-state index in [1.54, 1.807) is 21.9 Å². The molecule has 0 saturated carbocycles. The highest BCUT2D eigenvalue weighted by atomic mass is 28.3. The standard InChI is InChI=1S/C23H36Si/c1-9-16(3)24(17(4)10-2,22-14-12-11-13-15-22)23-20(7)18(5)19(6)21(23)8/h11-17,20H,9-10H2,1-8H3. The summed E-state index contributed by atoms with van der Waals surface area (Å²) in [5.74, 6) is 0.611. The van der Waals surface area contributed by atoms with Crippen molar-refractivity contribution in [3.8, 4) is 0 Å². The predicted molar refractivity (Wildman–Crippen MR) is 111 cm³/mol. The first-order valence-electron chi connectivity index (χ1n) is 9.78. The van der Waals surface area contributed by atoms with Crippen molar-refractivity contribution in [3.05, 3.63) is 52.2 Å². The van der Waals surface area contributed by atoms with Gasteiger partial charge in [0.15, 0.2) is 0 Å². The zero-order chi connectivity index (χ0) is 18.1. The van der Waals surface area contributed by atoms with Crippen molar-refractivity contribution >= 4 is 13.3 Å². The molecule has 1 heteroatoms. The fraction of sp³-hybridized carbons (Fsp3) is 0.565. The minimum atomic E-state index is -1.82. The number of allylic oxidation sites excluding steroid dienone is 4. The van der Waals surface area contributed by atoms with Crippen LogP contribution in [-0.4, -0.2) is 8.07 Å². The van der Waals surface area contributed by atoms with E-state index >= 15 is 0 Å². The maximum absolute atomic E-state index is 2.53. The Hall–Kier alpha value is -1.08. The third-order valence-electron chi connectivity index (χ3n) is 7.12. The first-order chi connectivity index (χ1) is 11.3. The molecule has 3 unspecified atom stereocenters. The normalized spacial score (nSPS) is 23.4. The van der Waals surface area contributed by atoms with Gasteiger partial charge < -0.3 is 0 Å². The van der Waals surface area contributed by atoms with Crippen molar-refractivity contribution in [2.75, 3.05) is 0 Å². The van der Waals surface area contributed by atoms with E-state index in [0.29, 0.717) is 5.92 Å². The average Bonchev–Trinajstić information content (AvgIpc) is 2.80. The lowest BCUT2D eigenvalue weighted by molar-refractivity contribution is 0.743. The van der Waals surface area contributed by atoms with Crippen LogP contribution < -0.4 is 5.19 Å². The molecular formula is C23H36Si. The molecular weight excluding hydrogens is 304 g/mol. The molecule has 3 atom stereocenters. The quantitative estimate of drug-likeness (QED) is 0.500. The van der Waals surface area contributed by atoms with Crippen molar-refractivity contribution in [2.45, 2.75) is 79.3 Å². The van der Waals surface area contributed by atoms with E-state index in [0.717, 1.165) is 11.1 Å². The second-order valence-electron chi connectivity index (χ2n) is 7.92. The van der Waals surface area contributed by atoms with Gasteiger partial charge in [0.05, 0.1) is 0 Å². The van der Waals surface area contributed by atoms with Gasteiger partial charge >= 0.3 is 0 Å². The lowest BCUT2D eigenvalue weighted by Gasteiger charge is -2.46.